The zero-order valence-corrected chi connectivity index (χ0v) is 15.6. The summed E-state index contributed by atoms with van der Waals surface area (Å²) >= 11 is 0. The van der Waals surface area contributed by atoms with Crippen LogP contribution in [0.3, 0.4) is 0 Å². The second-order valence-electron chi connectivity index (χ2n) is 7.24. The van der Waals surface area contributed by atoms with Crippen LogP contribution in [0.5, 0.6) is 0 Å². The number of benzene rings is 1. The zero-order valence-electron chi connectivity index (χ0n) is 14.8. The Bertz CT molecular complexity index is 752. The van der Waals surface area contributed by atoms with Crippen LogP contribution < -0.4 is 4.72 Å². The van der Waals surface area contributed by atoms with Crippen LogP contribution in [0.15, 0.2) is 29.2 Å². The number of nitrogens with one attached hydrogen (secondary N) is 1. The smallest absolute Gasteiger partial charge is 0.288 e. The topological polar surface area (TPSA) is 52.7 Å². The van der Waals surface area contributed by atoms with Gasteiger partial charge in [0.05, 0.1) is 23.3 Å². The number of sulfonamides is 1. The molecule has 0 amide bonds. The number of fused-ring (bicyclic) bond motifs is 1. The lowest BCUT2D eigenvalue weighted by Gasteiger charge is -2.42. The fourth-order valence-electron chi connectivity index (χ4n) is 3.69. The van der Waals surface area contributed by atoms with Crippen LogP contribution in [-0.4, -0.2) is 49.7 Å². The predicted molar refractivity (Wildman–Crippen MR) is 91.7 cm³/mol. The highest BCUT2D eigenvalue weighted by Gasteiger charge is 2.40. The molecule has 5 nitrogen and oxygen atoms in total. The Morgan fingerprint density at radius 3 is 2.58 bits per heavy atom. The monoisotopic (exact) mass is 391 g/mol. The van der Waals surface area contributed by atoms with Gasteiger partial charge in [0.25, 0.3) is 0 Å². The van der Waals surface area contributed by atoms with Gasteiger partial charge in [-0.1, -0.05) is 6.07 Å². The lowest BCUT2D eigenvalue weighted by molar-refractivity contribution is -0.137. The largest absolute Gasteiger partial charge is 0.416 e. The minimum absolute atomic E-state index is 0.319. The molecular formula is C17H24F3N3O2S. The van der Waals surface area contributed by atoms with Crippen LogP contribution in [-0.2, 0) is 16.2 Å². The highest BCUT2D eigenvalue weighted by molar-refractivity contribution is 7.89. The third-order valence-corrected chi connectivity index (χ3v) is 6.69. The lowest BCUT2D eigenvalue weighted by atomic mass is 10.1. The summed E-state index contributed by atoms with van der Waals surface area (Å²) < 4.78 is 66.5. The zero-order chi connectivity index (χ0) is 19.1. The molecule has 2 atom stereocenters. The normalized spacial score (nSPS) is 25.6. The second kappa shape index (κ2) is 7.10. The summed E-state index contributed by atoms with van der Waals surface area (Å²) in [6, 6.07) is 4.55. The molecule has 2 fully saturated rings. The molecule has 2 aliphatic rings. The van der Waals surface area contributed by atoms with E-state index in [1.807, 2.05) is 0 Å². The number of halogens is 3. The molecule has 1 N–H and O–H groups in total. The minimum atomic E-state index is -4.57. The highest BCUT2D eigenvalue weighted by atomic mass is 32.2. The van der Waals surface area contributed by atoms with Crippen molar-refractivity contribution in [2.75, 3.05) is 13.2 Å². The van der Waals surface area contributed by atoms with E-state index in [0.29, 0.717) is 31.2 Å². The predicted octanol–water partition coefficient (Wildman–Crippen LogP) is 2.85. The van der Waals surface area contributed by atoms with Crippen molar-refractivity contribution in [2.45, 2.75) is 62.4 Å². The maximum Gasteiger partial charge on any atom is 0.416 e. The van der Waals surface area contributed by atoms with Crippen molar-refractivity contribution < 1.29 is 21.6 Å². The molecular weight excluding hydrogens is 367 g/mol. The van der Waals surface area contributed by atoms with Gasteiger partial charge in [0.15, 0.2) is 0 Å². The Labute approximate surface area is 152 Å². The molecule has 0 aliphatic carbocycles. The van der Waals surface area contributed by atoms with Crippen molar-refractivity contribution in [1.29, 1.82) is 0 Å². The standard InChI is InChI=1S/C17H24F3N3O2S/c1-12(2)22-9-8-14-6-7-16(23(14)11-22)21-26(24,25)15-5-3-4-13(10-15)17(18,19)20/h3-5,10,12,14,16,21H,6-9,11H2,1-2H3/t14-,16+/m0/s1. The van der Waals surface area contributed by atoms with Gasteiger partial charge in [0.1, 0.15) is 0 Å². The van der Waals surface area contributed by atoms with Crippen molar-refractivity contribution in [1.82, 2.24) is 14.5 Å². The van der Waals surface area contributed by atoms with E-state index in [9.17, 15) is 21.6 Å². The maximum absolute atomic E-state index is 12.9. The molecule has 2 aliphatic heterocycles. The number of nitrogens with zero attached hydrogens (tertiary/aromatic N) is 2. The summed E-state index contributed by atoms with van der Waals surface area (Å²) in [5.74, 6) is 0. The Balaban J connectivity index is 1.77. The van der Waals surface area contributed by atoms with Crippen LogP contribution in [0.1, 0.15) is 38.7 Å². The summed E-state index contributed by atoms with van der Waals surface area (Å²) in [5, 5.41) is 0. The van der Waals surface area contributed by atoms with Crippen LogP contribution in [0.2, 0.25) is 0 Å². The summed E-state index contributed by atoms with van der Waals surface area (Å²) in [5.41, 5.74) is -0.964. The third kappa shape index (κ3) is 4.05. The summed E-state index contributed by atoms with van der Waals surface area (Å²) in [4.78, 5) is 4.04. The van der Waals surface area contributed by atoms with E-state index in [0.717, 1.165) is 31.5 Å². The first-order chi connectivity index (χ1) is 12.1. The quantitative estimate of drug-likeness (QED) is 0.858. The SMILES string of the molecule is CC(C)N1CC[C@@H]2CC[C@H](NS(=O)(=O)c3cccc(C(F)(F)F)c3)N2C1. The Kier molecular flexibility index (Phi) is 5.35. The summed E-state index contributed by atoms with van der Waals surface area (Å²) in [6.07, 6.45) is -2.44. The van der Waals surface area contributed by atoms with Crippen molar-refractivity contribution in [3.05, 3.63) is 29.8 Å². The molecule has 1 aromatic carbocycles. The summed E-state index contributed by atoms with van der Waals surface area (Å²) in [7, 11) is -4.02. The van der Waals surface area contributed by atoms with Crippen LogP contribution in [0.4, 0.5) is 13.2 Å². The van der Waals surface area contributed by atoms with Gasteiger partial charge in [-0.3, -0.25) is 9.80 Å². The molecule has 1 aromatic rings. The first-order valence-electron chi connectivity index (χ1n) is 8.77. The van der Waals surface area contributed by atoms with Gasteiger partial charge in [0, 0.05) is 18.6 Å². The van der Waals surface area contributed by atoms with E-state index in [1.165, 1.54) is 6.07 Å². The van der Waals surface area contributed by atoms with Gasteiger partial charge in [-0.15, -0.1) is 0 Å². The Hall–Kier alpha value is -1.16. The average Bonchev–Trinajstić information content (AvgIpc) is 2.96. The van der Waals surface area contributed by atoms with Gasteiger partial charge >= 0.3 is 6.18 Å². The Morgan fingerprint density at radius 1 is 1.19 bits per heavy atom. The molecule has 9 heteroatoms. The van der Waals surface area contributed by atoms with E-state index in [-0.39, 0.29) is 11.1 Å². The molecule has 26 heavy (non-hydrogen) atoms. The minimum Gasteiger partial charge on any atom is -0.288 e. The molecule has 2 saturated heterocycles. The molecule has 0 unspecified atom stereocenters. The first kappa shape index (κ1) is 19.6. The average molecular weight is 391 g/mol. The highest BCUT2D eigenvalue weighted by Crippen LogP contribution is 2.32. The van der Waals surface area contributed by atoms with Crippen molar-refractivity contribution in [2.24, 2.45) is 0 Å². The molecule has 0 bridgehead atoms. The number of rotatable bonds is 4. The molecule has 2 heterocycles. The van der Waals surface area contributed by atoms with Gasteiger partial charge < -0.3 is 0 Å². The molecule has 0 radical (unpaired) electrons. The fraction of sp³-hybridized carbons (Fsp3) is 0.647. The van der Waals surface area contributed by atoms with E-state index >= 15 is 0 Å². The van der Waals surface area contributed by atoms with E-state index in [2.05, 4.69) is 28.4 Å². The van der Waals surface area contributed by atoms with Crippen LogP contribution >= 0.6 is 0 Å². The molecule has 0 aromatic heterocycles. The summed E-state index contributed by atoms with van der Waals surface area (Å²) in [6.45, 7) is 5.83. The van der Waals surface area contributed by atoms with Crippen LogP contribution in [0, 0.1) is 0 Å². The fourth-order valence-corrected chi connectivity index (χ4v) is 4.98. The number of hydrogen-bond donors (Lipinski definition) is 1. The molecule has 0 spiro atoms. The second-order valence-corrected chi connectivity index (χ2v) is 8.96. The van der Waals surface area contributed by atoms with Gasteiger partial charge in [-0.2, -0.15) is 17.9 Å². The van der Waals surface area contributed by atoms with Crippen molar-refractivity contribution >= 4 is 10.0 Å². The Morgan fingerprint density at radius 2 is 1.92 bits per heavy atom. The number of alkyl halides is 3. The molecule has 3 rings (SSSR count). The van der Waals surface area contributed by atoms with E-state index in [1.54, 1.807) is 0 Å². The van der Waals surface area contributed by atoms with Crippen molar-refractivity contribution in [3.63, 3.8) is 0 Å². The van der Waals surface area contributed by atoms with Crippen LogP contribution in [0.25, 0.3) is 0 Å². The molecule has 146 valence electrons. The van der Waals surface area contributed by atoms with E-state index < -0.39 is 21.8 Å². The van der Waals surface area contributed by atoms with Gasteiger partial charge in [-0.25, -0.2) is 8.42 Å². The van der Waals surface area contributed by atoms with Crippen molar-refractivity contribution in [3.8, 4) is 0 Å². The van der Waals surface area contributed by atoms with E-state index in [4.69, 9.17) is 0 Å². The lowest BCUT2D eigenvalue weighted by Crippen LogP contribution is -2.56. The maximum atomic E-state index is 12.9. The first-order valence-corrected chi connectivity index (χ1v) is 10.3. The number of hydrogen-bond acceptors (Lipinski definition) is 4. The third-order valence-electron chi connectivity index (χ3n) is 5.23. The van der Waals surface area contributed by atoms with Gasteiger partial charge in [0.2, 0.25) is 10.0 Å². The molecule has 0 saturated carbocycles. The van der Waals surface area contributed by atoms with Gasteiger partial charge in [-0.05, 0) is 51.3 Å².